The Morgan fingerprint density at radius 3 is 2.57 bits per heavy atom. The van der Waals surface area contributed by atoms with E-state index >= 15 is 0 Å². The van der Waals surface area contributed by atoms with Gasteiger partial charge in [-0.3, -0.25) is 4.79 Å². The molecule has 1 aromatic carbocycles. The van der Waals surface area contributed by atoms with E-state index < -0.39 is 0 Å². The molecule has 0 aliphatic heterocycles. The normalized spacial score (nSPS) is 11.8. The summed E-state index contributed by atoms with van der Waals surface area (Å²) >= 11 is 0. The van der Waals surface area contributed by atoms with Crippen LogP contribution in [0.3, 0.4) is 0 Å². The van der Waals surface area contributed by atoms with Crippen molar-refractivity contribution in [3.8, 4) is 11.8 Å². The van der Waals surface area contributed by atoms with Crippen molar-refractivity contribution in [3.05, 3.63) is 52.8 Å². The van der Waals surface area contributed by atoms with E-state index in [2.05, 4.69) is 11.4 Å². The first-order valence-corrected chi connectivity index (χ1v) is 7.56. The maximum Gasteiger partial charge on any atom is 0.253 e. The summed E-state index contributed by atoms with van der Waals surface area (Å²) in [7, 11) is 0. The molecule has 0 saturated heterocycles. The Labute approximate surface area is 136 Å². The molecule has 1 heterocycles. The number of carbonyl (C=O) groups excluding carboxylic acids is 1. The number of hydrogen-bond acceptors (Lipinski definition) is 3. The van der Waals surface area contributed by atoms with E-state index in [1.807, 2.05) is 43.5 Å². The van der Waals surface area contributed by atoms with Gasteiger partial charge in [-0.25, -0.2) is 0 Å². The van der Waals surface area contributed by atoms with Crippen LogP contribution in [0.4, 0.5) is 0 Å². The van der Waals surface area contributed by atoms with Crippen LogP contribution in [-0.4, -0.2) is 28.7 Å². The molecule has 5 heteroatoms. The monoisotopic (exact) mass is 311 g/mol. The maximum absolute atomic E-state index is 12.3. The lowest BCUT2D eigenvalue weighted by molar-refractivity contribution is 0.0941. The first-order chi connectivity index (χ1) is 11.0. The third-order valence-electron chi connectivity index (χ3n) is 3.85. The number of hydrogen-bond donors (Lipinski definition) is 2. The van der Waals surface area contributed by atoms with Crippen LogP contribution in [0.1, 0.15) is 34.2 Å². The van der Waals surface area contributed by atoms with E-state index in [-0.39, 0.29) is 18.4 Å². The van der Waals surface area contributed by atoms with Gasteiger partial charge < -0.3 is 15.0 Å². The van der Waals surface area contributed by atoms with Crippen LogP contribution in [0, 0.1) is 31.1 Å². The minimum absolute atomic E-state index is 0.0287. The van der Waals surface area contributed by atoms with Crippen molar-refractivity contribution >= 4 is 5.91 Å². The number of nitriles is 1. The molecule has 0 fully saturated rings. The Hall–Kier alpha value is -2.58. The quantitative estimate of drug-likeness (QED) is 0.889. The first-order valence-electron chi connectivity index (χ1n) is 7.56. The van der Waals surface area contributed by atoms with Gasteiger partial charge in [0.2, 0.25) is 0 Å². The lowest BCUT2D eigenvalue weighted by Gasteiger charge is -2.11. The summed E-state index contributed by atoms with van der Waals surface area (Å²) in [6.45, 7) is 6.20. The van der Waals surface area contributed by atoms with Crippen molar-refractivity contribution in [1.29, 1.82) is 5.26 Å². The standard InChI is InChI=1S/C18H21N3O2/c1-12(11-22)10-20-18(23)17-8-13(2)21(14(17)3)16-6-4-15(9-19)5-7-16/h4-8,12,22H,10-11H2,1-3H3,(H,20,23). The van der Waals surface area contributed by atoms with Gasteiger partial charge >= 0.3 is 0 Å². The first kappa shape index (κ1) is 16.8. The van der Waals surface area contributed by atoms with Gasteiger partial charge in [0.25, 0.3) is 5.91 Å². The lowest BCUT2D eigenvalue weighted by Crippen LogP contribution is -2.29. The molecule has 0 bridgehead atoms. The molecule has 2 rings (SSSR count). The zero-order valence-electron chi connectivity index (χ0n) is 13.6. The molecular weight excluding hydrogens is 290 g/mol. The van der Waals surface area contributed by atoms with Crippen LogP contribution < -0.4 is 5.32 Å². The fourth-order valence-electron chi connectivity index (χ4n) is 2.50. The Kier molecular flexibility index (Phi) is 5.20. The molecule has 0 radical (unpaired) electrons. The van der Waals surface area contributed by atoms with E-state index in [1.54, 1.807) is 12.1 Å². The highest BCUT2D eigenvalue weighted by Gasteiger charge is 2.17. The number of amides is 1. The van der Waals surface area contributed by atoms with Gasteiger partial charge in [-0.2, -0.15) is 5.26 Å². The minimum atomic E-state index is -0.140. The zero-order chi connectivity index (χ0) is 17.0. The Balaban J connectivity index is 2.28. The molecular formula is C18H21N3O2. The SMILES string of the molecule is Cc1cc(C(=O)NCC(C)CO)c(C)n1-c1ccc(C#N)cc1. The number of aliphatic hydroxyl groups is 1. The molecule has 1 unspecified atom stereocenters. The average molecular weight is 311 g/mol. The van der Waals surface area contributed by atoms with Gasteiger partial charge in [-0.05, 0) is 50.1 Å². The van der Waals surface area contributed by atoms with Gasteiger partial charge in [-0.15, -0.1) is 0 Å². The highest BCUT2D eigenvalue weighted by atomic mass is 16.3. The summed E-state index contributed by atoms with van der Waals surface area (Å²) in [5.74, 6) is -0.112. The number of aromatic nitrogens is 1. The van der Waals surface area contributed by atoms with E-state index in [0.717, 1.165) is 17.1 Å². The lowest BCUT2D eigenvalue weighted by atomic mass is 10.2. The van der Waals surface area contributed by atoms with Crippen molar-refractivity contribution < 1.29 is 9.90 Å². The number of nitrogens with zero attached hydrogens (tertiary/aromatic N) is 2. The van der Waals surface area contributed by atoms with Crippen LogP contribution in [-0.2, 0) is 0 Å². The molecule has 1 amide bonds. The maximum atomic E-state index is 12.3. The number of aryl methyl sites for hydroxylation is 1. The molecule has 1 atom stereocenters. The highest BCUT2D eigenvalue weighted by molar-refractivity contribution is 5.95. The number of aliphatic hydroxyl groups excluding tert-OH is 1. The van der Waals surface area contributed by atoms with Gasteiger partial charge in [0, 0.05) is 30.2 Å². The largest absolute Gasteiger partial charge is 0.396 e. The third-order valence-corrected chi connectivity index (χ3v) is 3.85. The number of rotatable bonds is 5. The fourth-order valence-corrected chi connectivity index (χ4v) is 2.50. The fraction of sp³-hybridized carbons (Fsp3) is 0.333. The summed E-state index contributed by atoms with van der Waals surface area (Å²) in [4.78, 5) is 12.3. The molecule has 1 aromatic heterocycles. The number of benzene rings is 1. The van der Waals surface area contributed by atoms with Crippen molar-refractivity contribution in [2.24, 2.45) is 5.92 Å². The average Bonchev–Trinajstić information content (AvgIpc) is 2.87. The van der Waals surface area contributed by atoms with Crippen molar-refractivity contribution in [3.63, 3.8) is 0 Å². The Morgan fingerprint density at radius 1 is 1.35 bits per heavy atom. The van der Waals surface area contributed by atoms with Crippen LogP contribution >= 0.6 is 0 Å². The number of carbonyl (C=O) groups is 1. The van der Waals surface area contributed by atoms with Crippen molar-refractivity contribution in [2.45, 2.75) is 20.8 Å². The minimum Gasteiger partial charge on any atom is -0.396 e. The molecule has 0 spiro atoms. The van der Waals surface area contributed by atoms with Gasteiger partial charge in [-0.1, -0.05) is 6.92 Å². The van der Waals surface area contributed by atoms with Crippen LogP contribution in [0.2, 0.25) is 0 Å². The molecule has 5 nitrogen and oxygen atoms in total. The van der Waals surface area contributed by atoms with Crippen LogP contribution in [0.25, 0.3) is 5.69 Å². The second-order valence-electron chi connectivity index (χ2n) is 5.78. The van der Waals surface area contributed by atoms with Crippen LogP contribution in [0.5, 0.6) is 0 Å². The molecule has 2 N–H and O–H groups in total. The van der Waals surface area contributed by atoms with Gasteiger partial charge in [0.15, 0.2) is 0 Å². The number of nitrogens with one attached hydrogen (secondary N) is 1. The second kappa shape index (κ2) is 7.12. The molecule has 0 aliphatic rings. The summed E-state index contributed by atoms with van der Waals surface area (Å²) < 4.78 is 1.99. The third kappa shape index (κ3) is 3.61. The summed E-state index contributed by atoms with van der Waals surface area (Å²) in [5, 5.41) is 20.8. The van der Waals surface area contributed by atoms with Gasteiger partial charge in [0.05, 0.1) is 17.2 Å². The molecule has 23 heavy (non-hydrogen) atoms. The zero-order valence-corrected chi connectivity index (χ0v) is 13.6. The van der Waals surface area contributed by atoms with E-state index in [9.17, 15) is 4.79 Å². The molecule has 0 saturated carbocycles. The Bertz CT molecular complexity index is 739. The highest BCUT2D eigenvalue weighted by Crippen LogP contribution is 2.21. The van der Waals surface area contributed by atoms with E-state index in [1.165, 1.54) is 0 Å². The van der Waals surface area contributed by atoms with Crippen LogP contribution in [0.15, 0.2) is 30.3 Å². The van der Waals surface area contributed by atoms with E-state index in [0.29, 0.717) is 17.7 Å². The predicted octanol–water partition coefficient (Wildman–Crippen LogP) is 2.32. The van der Waals surface area contributed by atoms with Gasteiger partial charge in [0.1, 0.15) is 0 Å². The summed E-state index contributed by atoms with van der Waals surface area (Å²) in [6.07, 6.45) is 0. The van der Waals surface area contributed by atoms with Crippen molar-refractivity contribution in [1.82, 2.24) is 9.88 Å². The molecule has 0 aliphatic carbocycles. The molecule has 2 aromatic rings. The summed E-state index contributed by atoms with van der Waals surface area (Å²) in [5.41, 5.74) is 3.94. The predicted molar refractivity (Wildman–Crippen MR) is 88.5 cm³/mol. The molecule has 120 valence electrons. The smallest absolute Gasteiger partial charge is 0.253 e. The Morgan fingerprint density at radius 2 is 2.00 bits per heavy atom. The summed E-state index contributed by atoms with van der Waals surface area (Å²) in [6, 6.07) is 11.2. The second-order valence-corrected chi connectivity index (χ2v) is 5.78. The topological polar surface area (TPSA) is 78.0 Å². The van der Waals surface area contributed by atoms with Crippen molar-refractivity contribution in [2.75, 3.05) is 13.2 Å². The van der Waals surface area contributed by atoms with E-state index in [4.69, 9.17) is 10.4 Å².